The van der Waals surface area contributed by atoms with Crippen molar-refractivity contribution in [2.75, 3.05) is 14.2 Å². The van der Waals surface area contributed by atoms with Gasteiger partial charge in [-0.25, -0.2) is 4.79 Å². The third-order valence-corrected chi connectivity index (χ3v) is 6.50. The Labute approximate surface area is 190 Å². The summed E-state index contributed by atoms with van der Waals surface area (Å²) in [6, 6.07) is 15.6. The Morgan fingerprint density at radius 3 is 2.45 bits per heavy atom. The molecule has 2 aromatic rings. The fourth-order valence-electron chi connectivity index (χ4n) is 4.55. The number of esters is 1. The zero-order chi connectivity index (χ0) is 22.1. The van der Waals surface area contributed by atoms with E-state index in [2.05, 4.69) is 21.2 Å². The van der Waals surface area contributed by atoms with Crippen LogP contribution >= 0.6 is 15.9 Å². The van der Waals surface area contributed by atoms with Gasteiger partial charge in [-0.1, -0.05) is 40.2 Å². The Kier molecular flexibility index (Phi) is 6.01. The van der Waals surface area contributed by atoms with Crippen LogP contribution in [-0.4, -0.2) is 26.0 Å². The number of hydrogen-bond donors (Lipinski definition) is 1. The van der Waals surface area contributed by atoms with E-state index in [1.807, 2.05) is 55.5 Å². The van der Waals surface area contributed by atoms with Gasteiger partial charge in [-0.3, -0.25) is 4.79 Å². The first-order chi connectivity index (χ1) is 14.9. The minimum absolute atomic E-state index is 0.0495. The second-order valence-corrected chi connectivity index (χ2v) is 8.75. The number of carbonyl (C=O) groups excluding carboxylic acids is 2. The molecule has 0 radical (unpaired) electrons. The highest BCUT2D eigenvalue weighted by atomic mass is 79.9. The molecule has 4 rings (SSSR count). The van der Waals surface area contributed by atoms with Crippen molar-refractivity contribution in [2.24, 2.45) is 0 Å². The number of methoxy groups -OCH3 is 2. The van der Waals surface area contributed by atoms with Gasteiger partial charge in [-0.2, -0.15) is 0 Å². The second-order valence-electron chi connectivity index (χ2n) is 7.84. The summed E-state index contributed by atoms with van der Waals surface area (Å²) in [5, 5.41) is 3.35. The molecule has 5 nitrogen and oxygen atoms in total. The molecule has 1 aliphatic heterocycles. The van der Waals surface area contributed by atoms with Gasteiger partial charge in [-0.05, 0) is 54.7 Å². The molecule has 0 amide bonds. The average molecular weight is 482 g/mol. The molecule has 2 atom stereocenters. The van der Waals surface area contributed by atoms with Crippen molar-refractivity contribution in [3.63, 3.8) is 0 Å². The van der Waals surface area contributed by atoms with Crippen LogP contribution in [0.5, 0.6) is 5.75 Å². The minimum atomic E-state index is -0.453. The summed E-state index contributed by atoms with van der Waals surface area (Å²) in [6.45, 7) is 1.86. The lowest BCUT2D eigenvalue weighted by Gasteiger charge is -2.36. The van der Waals surface area contributed by atoms with Crippen molar-refractivity contribution in [3.05, 3.63) is 86.7 Å². The summed E-state index contributed by atoms with van der Waals surface area (Å²) < 4.78 is 11.2. The Balaban J connectivity index is 1.78. The molecule has 0 aromatic heterocycles. The molecule has 0 fully saturated rings. The highest BCUT2D eigenvalue weighted by molar-refractivity contribution is 9.10. The number of carbonyl (C=O) groups is 2. The number of ether oxygens (including phenoxy) is 2. The van der Waals surface area contributed by atoms with E-state index >= 15 is 0 Å². The summed E-state index contributed by atoms with van der Waals surface area (Å²) in [7, 11) is 3.01. The molecule has 0 bridgehead atoms. The number of nitrogens with one attached hydrogen (secondary N) is 1. The number of rotatable bonds is 4. The standard InChI is InChI=1S/C25H24BrNO4/c1-14-22(25(29)31-3)23(16-5-4-6-18(26)11-16)24-20(27-14)12-17(13-21(24)28)15-7-9-19(30-2)10-8-15/h4-11,17,23,27H,12-13H2,1-3H3/t17-,23-/m1/s1. The summed E-state index contributed by atoms with van der Waals surface area (Å²) in [5.41, 5.74) is 4.73. The van der Waals surface area contributed by atoms with Crippen LogP contribution in [-0.2, 0) is 14.3 Å². The quantitative estimate of drug-likeness (QED) is 0.622. The van der Waals surface area contributed by atoms with Crippen molar-refractivity contribution < 1.29 is 19.1 Å². The predicted octanol–water partition coefficient (Wildman–Crippen LogP) is 4.99. The third-order valence-electron chi connectivity index (χ3n) is 6.00. The molecular formula is C25H24BrNO4. The molecule has 0 saturated heterocycles. The van der Waals surface area contributed by atoms with Gasteiger partial charge in [0.1, 0.15) is 5.75 Å². The van der Waals surface area contributed by atoms with E-state index in [1.54, 1.807) is 7.11 Å². The molecule has 31 heavy (non-hydrogen) atoms. The molecule has 160 valence electrons. The number of halogens is 1. The van der Waals surface area contributed by atoms with Crippen LogP contribution < -0.4 is 10.1 Å². The van der Waals surface area contributed by atoms with Crippen LogP contribution in [0.25, 0.3) is 0 Å². The van der Waals surface area contributed by atoms with Gasteiger partial charge in [0.05, 0.1) is 19.8 Å². The van der Waals surface area contributed by atoms with E-state index in [0.717, 1.165) is 32.7 Å². The van der Waals surface area contributed by atoms with E-state index < -0.39 is 11.9 Å². The fourth-order valence-corrected chi connectivity index (χ4v) is 4.97. The highest BCUT2D eigenvalue weighted by Crippen LogP contribution is 2.46. The Morgan fingerprint density at radius 1 is 1.06 bits per heavy atom. The molecule has 0 spiro atoms. The van der Waals surface area contributed by atoms with E-state index in [9.17, 15) is 9.59 Å². The van der Waals surface area contributed by atoms with Crippen molar-refractivity contribution in [2.45, 2.75) is 31.6 Å². The molecule has 2 aromatic carbocycles. The second kappa shape index (κ2) is 8.71. The zero-order valence-corrected chi connectivity index (χ0v) is 19.3. The number of ketones is 1. The maximum Gasteiger partial charge on any atom is 0.336 e. The van der Waals surface area contributed by atoms with Crippen molar-refractivity contribution in [3.8, 4) is 5.75 Å². The largest absolute Gasteiger partial charge is 0.497 e. The maximum absolute atomic E-state index is 13.5. The lowest BCUT2D eigenvalue weighted by molar-refractivity contribution is -0.136. The van der Waals surface area contributed by atoms with Gasteiger partial charge in [-0.15, -0.1) is 0 Å². The van der Waals surface area contributed by atoms with Gasteiger partial charge >= 0.3 is 5.97 Å². The predicted molar refractivity (Wildman–Crippen MR) is 122 cm³/mol. The normalized spacial score (nSPS) is 20.8. The molecule has 0 unspecified atom stereocenters. The van der Waals surface area contributed by atoms with Crippen molar-refractivity contribution in [1.82, 2.24) is 5.32 Å². The summed E-state index contributed by atoms with van der Waals surface area (Å²) in [6.07, 6.45) is 1.09. The van der Waals surface area contributed by atoms with Gasteiger partial charge < -0.3 is 14.8 Å². The maximum atomic E-state index is 13.5. The number of dihydropyridines is 1. The number of Topliss-reactive ketones (excluding diaryl/α,β-unsaturated/α-hetero) is 1. The molecular weight excluding hydrogens is 458 g/mol. The smallest absolute Gasteiger partial charge is 0.336 e. The van der Waals surface area contributed by atoms with E-state index in [4.69, 9.17) is 9.47 Å². The van der Waals surface area contributed by atoms with Crippen molar-refractivity contribution in [1.29, 1.82) is 0 Å². The SMILES string of the molecule is COC(=O)C1=C(C)NC2=C(C(=O)C[C@H](c3ccc(OC)cc3)C2)[C@@H]1c1cccc(Br)c1. The van der Waals surface area contributed by atoms with Gasteiger partial charge in [0.2, 0.25) is 0 Å². The highest BCUT2D eigenvalue weighted by Gasteiger charge is 2.41. The van der Waals surface area contributed by atoms with Crippen LogP contribution in [0, 0.1) is 0 Å². The molecule has 6 heteroatoms. The van der Waals surface area contributed by atoms with Crippen LogP contribution in [0.15, 0.2) is 75.5 Å². The Bertz CT molecular complexity index is 1100. The summed E-state index contributed by atoms with van der Waals surface area (Å²) in [4.78, 5) is 26.2. The number of benzene rings is 2. The first kappa shape index (κ1) is 21.4. The molecule has 1 N–H and O–H groups in total. The summed E-state index contributed by atoms with van der Waals surface area (Å²) >= 11 is 3.51. The number of allylic oxidation sites excluding steroid dienone is 3. The topological polar surface area (TPSA) is 64.6 Å². The van der Waals surface area contributed by atoms with Crippen LogP contribution in [0.2, 0.25) is 0 Å². The third kappa shape index (κ3) is 4.04. The zero-order valence-electron chi connectivity index (χ0n) is 17.7. The molecule has 1 aliphatic carbocycles. The fraction of sp³-hybridized carbons (Fsp3) is 0.280. The van der Waals surface area contributed by atoms with Gasteiger partial charge in [0, 0.05) is 33.8 Å². The minimum Gasteiger partial charge on any atom is -0.497 e. The van der Waals surface area contributed by atoms with E-state index in [-0.39, 0.29) is 11.7 Å². The van der Waals surface area contributed by atoms with Crippen LogP contribution in [0.3, 0.4) is 0 Å². The average Bonchev–Trinajstić information content (AvgIpc) is 2.77. The van der Waals surface area contributed by atoms with Crippen molar-refractivity contribution >= 4 is 27.7 Å². The first-order valence-electron chi connectivity index (χ1n) is 10.1. The van der Waals surface area contributed by atoms with Gasteiger partial charge in [0.15, 0.2) is 5.78 Å². The van der Waals surface area contributed by atoms with Gasteiger partial charge in [0.25, 0.3) is 0 Å². The van der Waals surface area contributed by atoms with Crippen LogP contribution in [0.1, 0.15) is 42.7 Å². The molecule has 1 heterocycles. The Hall–Kier alpha value is -2.86. The van der Waals surface area contributed by atoms with E-state index in [0.29, 0.717) is 24.0 Å². The van der Waals surface area contributed by atoms with Crippen LogP contribution in [0.4, 0.5) is 0 Å². The molecule has 0 saturated carbocycles. The first-order valence-corrected chi connectivity index (χ1v) is 10.9. The lowest BCUT2D eigenvalue weighted by atomic mass is 9.72. The molecule has 2 aliphatic rings. The monoisotopic (exact) mass is 481 g/mol. The number of hydrogen-bond acceptors (Lipinski definition) is 5. The Morgan fingerprint density at radius 2 is 1.81 bits per heavy atom. The van der Waals surface area contributed by atoms with E-state index in [1.165, 1.54) is 7.11 Å². The lowest BCUT2D eigenvalue weighted by Crippen LogP contribution is -2.36. The summed E-state index contributed by atoms with van der Waals surface area (Å²) in [5.74, 6) is 0.0312.